The summed E-state index contributed by atoms with van der Waals surface area (Å²) in [5.74, 6) is 0. The van der Waals surface area contributed by atoms with Gasteiger partial charge in [-0.05, 0) is 15.6 Å². The maximum atomic E-state index is 2.38. The monoisotopic (exact) mass is 905 g/mol. The van der Waals surface area contributed by atoms with Crippen molar-refractivity contribution in [1.29, 1.82) is 0 Å². The Morgan fingerprint density at radius 2 is 0.219 bits per heavy atom. The highest BCUT2D eigenvalue weighted by molar-refractivity contribution is 7.01. The smallest absolute Gasteiger partial charge is 0.171 e. The zero-order valence-corrected chi connectivity index (χ0v) is 47.2. The molecule has 16 heteroatoms. The van der Waals surface area contributed by atoms with Gasteiger partial charge in [-0.3, -0.25) is 0 Å². The number of nitrogens with zero attached hydrogens (tertiary/aromatic N) is 15. The first-order valence-corrected chi connectivity index (χ1v) is 23.5. The molecule has 0 unspecified atom stereocenters. The minimum Gasteiger partial charge on any atom is -0.376 e. The second-order valence-corrected chi connectivity index (χ2v) is 22.4. The van der Waals surface area contributed by atoms with Gasteiger partial charge in [-0.1, -0.05) is 0 Å². The Hall–Kier alpha value is -5.12. The largest absolute Gasteiger partial charge is 0.376 e. The second kappa shape index (κ2) is 19.9. The molecule has 0 aromatic heterocycles. The Morgan fingerprint density at radius 3 is 0.297 bits per heavy atom. The molecule has 0 spiro atoms. The van der Waals surface area contributed by atoms with Crippen LogP contribution < -0.4 is 89.1 Å². The Morgan fingerprint density at radius 1 is 0.141 bits per heavy atom. The van der Waals surface area contributed by atoms with E-state index in [1.54, 1.807) is 0 Å². The summed E-state index contributed by atoms with van der Waals surface area (Å²) in [6.07, 6.45) is 0. The van der Waals surface area contributed by atoms with Gasteiger partial charge in [0.1, 0.15) is 0 Å². The lowest BCUT2D eigenvalue weighted by Gasteiger charge is -2.44. The minimum absolute atomic E-state index is 1.17. The summed E-state index contributed by atoms with van der Waals surface area (Å²) in [6, 6.07) is 0. The normalized spacial score (nSPS) is 11.1. The van der Waals surface area contributed by atoms with Gasteiger partial charge in [0.2, 0.25) is 0 Å². The second-order valence-electron chi connectivity index (χ2n) is 20.1. The summed E-state index contributed by atoms with van der Waals surface area (Å²) >= 11 is 0. The van der Waals surface area contributed by atoms with Crippen molar-refractivity contribution in [2.45, 2.75) is 0 Å². The van der Waals surface area contributed by atoms with Crippen LogP contribution in [0, 0.1) is 0 Å². The van der Waals surface area contributed by atoms with Gasteiger partial charge >= 0.3 is 0 Å². The SMILES string of the molecule is CN(C)c1c(N(C)C)c(N(C)C)c([Si](c2c(N(C)C)c(N(C)C)c(N(C)C)c(N(C)C)c2N(C)C)c2c(N(C)C)c(N(C)C)c(N(C)C)c(N(C)C)c2N(C)C)c(N(C)C)c1N(C)C. The zero-order valence-electron chi connectivity index (χ0n) is 46.2. The highest BCUT2D eigenvalue weighted by Gasteiger charge is 2.45. The van der Waals surface area contributed by atoms with Crippen molar-refractivity contribution in [1.82, 2.24) is 0 Å². The van der Waals surface area contributed by atoms with Crippen LogP contribution in [0.5, 0.6) is 0 Å². The first-order valence-electron chi connectivity index (χ1n) is 22.0. The van der Waals surface area contributed by atoms with Gasteiger partial charge in [0.15, 0.2) is 8.80 Å². The Labute approximate surface area is 393 Å². The summed E-state index contributed by atoms with van der Waals surface area (Å²) in [6.45, 7) is 0. The molecule has 0 fully saturated rings. The van der Waals surface area contributed by atoms with Crippen molar-refractivity contribution in [2.24, 2.45) is 0 Å². The molecule has 0 amide bonds. The van der Waals surface area contributed by atoms with Crippen LogP contribution >= 0.6 is 0 Å². The highest BCUT2D eigenvalue weighted by Crippen LogP contribution is 2.53. The Bertz CT molecular complexity index is 1750. The molecule has 1 radical (unpaired) electrons. The van der Waals surface area contributed by atoms with E-state index in [-0.39, 0.29) is 0 Å². The van der Waals surface area contributed by atoms with E-state index in [1.165, 1.54) is 101 Å². The molecule has 361 valence electrons. The molecule has 3 aromatic rings. The van der Waals surface area contributed by atoms with Crippen LogP contribution in [0.3, 0.4) is 0 Å². The molecular formula is C48H90N15Si. The van der Waals surface area contributed by atoms with E-state index in [1.807, 2.05) is 0 Å². The fourth-order valence-corrected chi connectivity index (χ4v) is 13.8. The number of benzene rings is 3. The first-order chi connectivity index (χ1) is 29.3. The van der Waals surface area contributed by atoms with Crippen molar-refractivity contribution in [3.8, 4) is 0 Å². The van der Waals surface area contributed by atoms with E-state index < -0.39 is 8.80 Å². The van der Waals surface area contributed by atoms with Gasteiger partial charge in [0.05, 0.1) is 85.3 Å². The van der Waals surface area contributed by atoms with Gasteiger partial charge in [-0.2, -0.15) is 0 Å². The van der Waals surface area contributed by atoms with Crippen LogP contribution in [-0.2, 0) is 0 Å². The Kier molecular flexibility index (Phi) is 16.6. The summed E-state index contributed by atoms with van der Waals surface area (Å²) < 4.78 is 0. The molecule has 0 atom stereocenters. The van der Waals surface area contributed by atoms with E-state index in [4.69, 9.17) is 0 Å². The van der Waals surface area contributed by atoms with Crippen molar-refractivity contribution in [3.05, 3.63) is 0 Å². The molecule has 0 saturated carbocycles. The van der Waals surface area contributed by atoms with Crippen molar-refractivity contribution in [2.75, 3.05) is 285 Å². The number of hydrogen-bond acceptors (Lipinski definition) is 15. The van der Waals surface area contributed by atoms with Gasteiger partial charge in [-0.25, -0.2) is 0 Å². The van der Waals surface area contributed by atoms with Crippen LogP contribution in [0.2, 0.25) is 0 Å². The fraction of sp³-hybridized carbons (Fsp3) is 0.625. The molecule has 15 nitrogen and oxygen atoms in total. The van der Waals surface area contributed by atoms with E-state index in [0.29, 0.717) is 0 Å². The lowest BCUT2D eigenvalue weighted by Crippen LogP contribution is -2.59. The van der Waals surface area contributed by atoms with Gasteiger partial charge in [0, 0.05) is 211 Å². The van der Waals surface area contributed by atoms with Crippen LogP contribution in [0.1, 0.15) is 0 Å². The van der Waals surface area contributed by atoms with Crippen molar-refractivity contribution >= 4 is 110 Å². The van der Waals surface area contributed by atoms with E-state index in [2.05, 4.69) is 285 Å². The molecule has 0 aliphatic heterocycles. The fourth-order valence-electron chi connectivity index (χ4n) is 9.57. The molecule has 0 saturated heterocycles. The molecule has 0 aliphatic carbocycles. The van der Waals surface area contributed by atoms with Crippen LogP contribution in [0.4, 0.5) is 85.3 Å². The molecular weight excluding hydrogens is 815 g/mol. The lowest BCUT2D eigenvalue weighted by atomic mass is 10.1. The van der Waals surface area contributed by atoms with E-state index in [0.717, 1.165) is 0 Å². The predicted octanol–water partition coefficient (Wildman–Crippen LogP) is 3.19. The first kappa shape index (κ1) is 53.2. The Balaban J connectivity index is 3.48. The van der Waals surface area contributed by atoms with Crippen LogP contribution in [0.25, 0.3) is 0 Å². The van der Waals surface area contributed by atoms with Crippen molar-refractivity contribution in [3.63, 3.8) is 0 Å². The predicted molar refractivity (Wildman–Crippen MR) is 299 cm³/mol. The molecule has 3 aromatic carbocycles. The number of hydrogen-bond donors (Lipinski definition) is 0. The third kappa shape index (κ3) is 9.21. The standard InChI is InChI=1S/C48H90N15Si/c1-49(2)31-34(52(7)8)40(58(19)20)46(41(59(21)22)35(31)53(9)10)64(47-42(60(23)24)36(54(11)12)32(50(3)4)37(55(13)14)43(47)61(25)26)48-44(62(27)28)38(56(15)16)33(51(5)6)39(57(17)18)45(48)63(29)30/h1-30H3. The van der Waals surface area contributed by atoms with Crippen LogP contribution in [-0.4, -0.2) is 220 Å². The third-order valence-corrected chi connectivity index (χ3v) is 14.5. The maximum absolute atomic E-state index is 2.38. The maximum Gasteiger partial charge on any atom is 0.171 e. The summed E-state index contributed by atoms with van der Waals surface area (Å²) in [5.41, 5.74) is 17.8. The third-order valence-electron chi connectivity index (χ3n) is 11.6. The topological polar surface area (TPSA) is 48.6 Å². The average molecular weight is 905 g/mol. The summed E-state index contributed by atoms with van der Waals surface area (Å²) in [5, 5.41) is 3.94. The number of anilines is 15. The summed E-state index contributed by atoms with van der Waals surface area (Å²) in [7, 11) is 64.1. The number of rotatable bonds is 18. The van der Waals surface area contributed by atoms with E-state index in [9.17, 15) is 0 Å². The molecule has 3 rings (SSSR count). The average Bonchev–Trinajstić information content (AvgIpc) is 3.13. The molecule has 0 N–H and O–H groups in total. The molecule has 64 heavy (non-hydrogen) atoms. The van der Waals surface area contributed by atoms with Crippen molar-refractivity contribution < 1.29 is 0 Å². The van der Waals surface area contributed by atoms with Gasteiger partial charge in [0.25, 0.3) is 0 Å². The highest BCUT2D eigenvalue weighted by atomic mass is 28.3. The molecule has 0 heterocycles. The molecule has 0 bridgehead atoms. The van der Waals surface area contributed by atoms with E-state index >= 15 is 0 Å². The quantitative estimate of drug-likeness (QED) is 0.139. The lowest BCUT2D eigenvalue weighted by molar-refractivity contribution is 1.01. The summed E-state index contributed by atoms with van der Waals surface area (Å²) in [4.78, 5) is 35.2. The van der Waals surface area contributed by atoms with Crippen LogP contribution in [0.15, 0.2) is 0 Å². The van der Waals surface area contributed by atoms with Gasteiger partial charge < -0.3 is 73.5 Å². The minimum atomic E-state index is -2.25. The van der Waals surface area contributed by atoms with Gasteiger partial charge in [-0.15, -0.1) is 0 Å². The molecule has 0 aliphatic rings. The zero-order chi connectivity index (χ0) is 49.6.